The summed E-state index contributed by atoms with van der Waals surface area (Å²) in [6.45, 7) is 3.32. The van der Waals surface area contributed by atoms with Crippen molar-refractivity contribution in [2.45, 2.75) is 274 Å². The molecule has 1 fully saturated rings. The van der Waals surface area contributed by atoms with Gasteiger partial charge in [0.05, 0.1) is 25.4 Å². The van der Waals surface area contributed by atoms with Gasteiger partial charge in [-0.1, -0.05) is 198 Å². The minimum absolute atomic E-state index is 0.241. The van der Waals surface area contributed by atoms with Gasteiger partial charge in [0.2, 0.25) is 5.91 Å². The van der Waals surface area contributed by atoms with E-state index in [4.69, 9.17) is 9.47 Å². The summed E-state index contributed by atoms with van der Waals surface area (Å²) >= 11 is 0. The molecule has 1 saturated heterocycles. The Morgan fingerprint density at radius 3 is 1.43 bits per heavy atom. The molecule has 0 aromatic carbocycles. The summed E-state index contributed by atoms with van der Waals surface area (Å²) < 4.78 is 11.1. The molecule has 11 heteroatoms. The van der Waals surface area contributed by atoms with E-state index in [1.807, 2.05) is 0 Å². The second kappa shape index (κ2) is 41.7. The molecule has 0 bridgehead atoms. The third-order valence-corrected chi connectivity index (χ3v) is 12.4. The van der Waals surface area contributed by atoms with Crippen molar-refractivity contribution in [1.29, 1.82) is 0 Å². The Kier molecular flexibility index (Phi) is 39.3. The average molecular weight is 896 g/mol. The molecule has 0 aromatic rings. The Labute approximate surface area is 384 Å². The number of aliphatic hydroxyl groups excluding tert-OH is 7. The van der Waals surface area contributed by atoms with E-state index in [2.05, 4.69) is 55.6 Å². The van der Waals surface area contributed by atoms with Gasteiger partial charge in [-0.2, -0.15) is 0 Å². The van der Waals surface area contributed by atoms with E-state index in [0.29, 0.717) is 19.3 Å². The Morgan fingerprint density at radius 2 is 0.984 bits per heavy atom. The number of allylic oxidation sites excluding steroid dienone is 6. The fourth-order valence-corrected chi connectivity index (χ4v) is 8.19. The van der Waals surface area contributed by atoms with Crippen molar-refractivity contribution in [2.75, 3.05) is 13.2 Å². The molecule has 0 aliphatic carbocycles. The van der Waals surface area contributed by atoms with Crippen molar-refractivity contribution in [3.8, 4) is 0 Å². The predicted molar refractivity (Wildman–Crippen MR) is 256 cm³/mol. The Morgan fingerprint density at radius 1 is 0.556 bits per heavy atom. The first-order valence-electron chi connectivity index (χ1n) is 25.9. The van der Waals surface area contributed by atoms with Crippen LogP contribution in [0.4, 0.5) is 0 Å². The molecule has 1 aliphatic heterocycles. The predicted octanol–water partition coefficient (Wildman–Crippen LogP) is 9.56. The highest BCUT2D eigenvalue weighted by atomic mass is 16.7. The Bertz CT molecular complexity index is 1120. The lowest BCUT2D eigenvalue weighted by Crippen LogP contribution is -2.60. The highest BCUT2D eigenvalue weighted by Gasteiger charge is 2.44. The fraction of sp³-hybridized carbons (Fsp3) is 0.865. The van der Waals surface area contributed by atoms with Gasteiger partial charge in [0.15, 0.2) is 6.29 Å². The number of carbonyl (C=O) groups excluding carboxylic acids is 1. The molecule has 0 aromatic heterocycles. The van der Waals surface area contributed by atoms with E-state index in [-0.39, 0.29) is 12.8 Å². The van der Waals surface area contributed by atoms with Gasteiger partial charge in [-0.3, -0.25) is 4.79 Å². The van der Waals surface area contributed by atoms with Crippen LogP contribution in [-0.2, 0) is 14.3 Å². The lowest BCUT2D eigenvalue weighted by molar-refractivity contribution is -0.303. The highest BCUT2D eigenvalue weighted by Crippen LogP contribution is 2.23. The Balaban J connectivity index is 2.35. The lowest BCUT2D eigenvalue weighted by atomic mass is 9.98. The summed E-state index contributed by atoms with van der Waals surface area (Å²) in [5.41, 5.74) is 0. The summed E-state index contributed by atoms with van der Waals surface area (Å²) in [5.74, 6) is -0.711. The van der Waals surface area contributed by atoms with Gasteiger partial charge < -0.3 is 50.5 Å². The molecule has 9 unspecified atom stereocenters. The van der Waals surface area contributed by atoms with E-state index in [1.165, 1.54) is 122 Å². The monoisotopic (exact) mass is 896 g/mol. The molecule has 0 radical (unpaired) electrons. The van der Waals surface area contributed by atoms with Gasteiger partial charge in [0.25, 0.3) is 0 Å². The zero-order chi connectivity index (χ0) is 46.2. The summed E-state index contributed by atoms with van der Waals surface area (Å²) in [6.07, 6.45) is 37.8. The van der Waals surface area contributed by atoms with E-state index >= 15 is 0 Å². The second-order valence-corrected chi connectivity index (χ2v) is 18.2. The molecule has 1 rings (SSSR count). The molecular weight excluding hydrogens is 799 g/mol. The number of hydrogen-bond donors (Lipinski definition) is 8. The van der Waals surface area contributed by atoms with Crippen molar-refractivity contribution >= 4 is 5.91 Å². The fourth-order valence-electron chi connectivity index (χ4n) is 8.19. The maximum absolute atomic E-state index is 13.1. The first-order valence-corrected chi connectivity index (χ1v) is 25.9. The van der Waals surface area contributed by atoms with Crippen LogP contribution in [0.25, 0.3) is 0 Å². The van der Waals surface area contributed by atoms with Crippen molar-refractivity contribution in [3.05, 3.63) is 36.5 Å². The summed E-state index contributed by atoms with van der Waals surface area (Å²) in [4.78, 5) is 13.1. The van der Waals surface area contributed by atoms with Crippen LogP contribution in [0.15, 0.2) is 36.5 Å². The van der Waals surface area contributed by atoms with Crippen LogP contribution < -0.4 is 5.32 Å². The van der Waals surface area contributed by atoms with Crippen LogP contribution >= 0.6 is 0 Å². The van der Waals surface area contributed by atoms with E-state index in [1.54, 1.807) is 0 Å². The molecule has 1 heterocycles. The number of rotatable bonds is 43. The summed E-state index contributed by atoms with van der Waals surface area (Å²) in [7, 11) is 0. The van der Waals surface area contributed by atoms with Gasteiger partial charge in [-0.15, -0.1) is 0 Å². The summed E-state index contributed by atoms with van der Waals surface area (Å²) in [6, 6.07) is -1.19. The number of ether oxygens (including phenoxy) is 2. The number of carbonyl (C=O) groups is 1. The van der Waals surface area contributed by atoms with Gasteiger partial charge in [0, 0.05) is 0 Å². The first-order chi connectivity index (χ1) is 30.7. The molecular formula is C52H97NO10. The molecule has 11 nitrogen and oxygen atoms in total. The van der Waals surface area contributed by atoms with Crippen LogP contribution in [0.1, 0.15) is 219 Å². The van der Waals surface area contributed by atoms with Crippen molar-refractivity contribution < 1.29 is 50.0 Å². The third-order valence-electron chi connectivity index (χ3n) is 12.4. The van der Waals surface area contributed by atoms with Gasteiger partial charge in [-0.05, 0) is 57.8 Å². The van der Waals surface area contributed by atoms with Crippen molar-refractivity contribution in [3.63, 3.8) is 0 Å². The number of hydrogen-bond acceptors (Lipinski definition) is 10. The molecule has 9 atom stereocenters. The Hall–Kier alpha value is -1.67. The van der Waals surface area contributed by atoms with E-state index in [0.717, 1.165) is 51.4 Å². The molecule has 1 aliphatic rings. The van der Waals surface area contributed by atoms with E-state index in [9.17, 15) is 40.5 Å². The van der Waals surface area contributed by atoms with Crippen molar-refractivity contribution in [2.24, 2.45) is 0 Å². The molecule has 63 heavy (non-hydrogen) atoms. The molecule has 1 amide bonds. The molecule has 0 saturated carbocycles. The minimum Gasteiger partial charge on any atom is -0.394 e. The number of aliphatic hydroxyl groups is 7. The van der Waals surface area contributed by atoms with Gasteiger partial charge in [-0.25, -0.2) is 0 Å². The summed E-state index contributed by atoms with van der Waals surface area (Å²) in [5, 5.41) is 75.7. The van der Waals surface area contributed by atoms with Crippen LogP contribution in [0.5, 0.6) is 0 Å². The van der Waals surface area contributed by atoms with Gasteiger partial charge >= 0.3 is 0 Å². The zero-order valence-electron chi connectivity index (χ0n) is 40.1. The maximum Gasteiger partial charge on any atom is 0.249 e. The van der Waals surface area contributed by atoms with Crippen LogP contribution in [0, 0.1) is 0 Å². The quantitative estimate of drug-likeness (QED) is 0.0216. The van der Waals surface area contributed by atoms with Crippen LogP contribution in [-0.4, -0.2) is 110 Å². The average Bonchev–Trinajstić information content (AvgIpc) is 3.28. The smallest absolute Gasteiger partial charge is 0.249 e. The highest BCUT2D eigenvalue weighted by molar-refractivity contribution is 5.80. The molecule has 0 spiro atoms. The second-order valence-electron chi connectivity index (χ2n) is 18.2. The molecule has 370 valence electrons. The third kappa shape index (κ3) is 31.0. The molecule has 8 N–H and O–H groups in total. The zero-order valence-corrected chi connectivity index (χ0v) is 40.1. The SMILES string of the molecule is CC/C=C/CC/C=C/CC/C=C/CCCC(O)C(O)C(COC1OC(CO)C(O)C(O)C1O)NC(=O)C(O)CCCCCCCCCCCCCCCCCCCCCCCCC. The number of unbranched alkanes of at least 4 members (excludes halogenated alkanes) is 25. The maximum atomic E-state index is 13.1. The largest absolute Gasteiger partial charge is 0.394 e. The standard InChI is InChI=1S/C52H97NO10/c1-3-5-7-9-11-13-15-17-18-19-20-21-22-23-24-25-26-28-30-32-34-36-38-40-45(56)51(61)53-43(42-62-52-50(60)49(59)48(58)46(41-54)63-52)47(57)44(55)39-37-35-33-31-29-27-16-14-12-10-8-6-4-2/h6,8,14,16,31,33,43-50,52,54-60H,3-5,7,9-13,15,17-30,32,34-42H2,1-2H3,(H,53,61)/b8-6+,16-14+,33-31+. The topological polar surface area (TPSA) is 189 Å². The van der Waals surface area contributed by atoms with E-state index < -0.39 is 74.2 Å². The minimum atomic E-state index is -1.67. The number of nitrogens with one attached hydrogen (secondary N) is 1. The first kappa shape index (κ1) is 59.3. The van der Waals surface area contributed by atoms with Crippen molar-refractivity contribution in [1.82, 2.24) is 5.32 Å². The normalized spacial score (nSPS) is 21.4. The van der Waals surface area contributed by atoms with Crippen LogP contribution in [0.3, 0.4) is 0 Å². The number of amides is 1. The van der Waals surface area contributed by atoms with Gasteiger partial charge in [0.1, 0.15) is 36.6 Å². The van der Waals surface area contributed by atoms with Crippen LogP contribution in [0.2, 0.25) is 0 Å². The lowest BCUT2D eigenvalue weighted by Gasteiger charge is -2.40.